The van der Waals surface area contributed by atoms with Crippen LogP contribution in [0.4, 0.5) is 0 Å². The smallest absolute Gasteiger partial charge is 0.244 e. The maximum absolute atomic E-state index is 12.6. The van der Waals surface area contributed by atoms with Crippen LogP contribution in [-0.2, 0) is 14.8 Å². The molecule has 2 N–H and O–H groups in total. The molecule has 1 aliphatic rings. The van der Waals surface area contributed by atoms with E-state index in [2.05, 4.69) is 0 Å². The quantitative estimate of drug-likeness (QED) is 0.741. The lowest BCUT2D eigenvalue weighted by Crippen LogP contribution is -2.41. The third kappa shape index (κ3) is 5.46. The molecular weight excluding hydrogens is 383 g/mol. The largest absolute Gasteiger partial charge is 0.378 e. The van der Waals surface area contributed by atoms with Crippen LogP contribution in [0.1, 0.15) is 19.3 Å². The predicted molar refractivity (Wildman–Crippen MR) is 95.1 cm³/mol. The number of sulfonamides is 1. The fourth-order valence-corrected chi connectivity index (χ4v) is 4.61. The Morgan fingerprint density at radius 2 is 1.91 bits per heavy atom. The van der Waals surface area contributed by atoms with Gasteiger partial charge in [-0.25, -0.2) is 8.42 Å². The van der Waals surface area contributed by atoms with Gasteiger partial charge >= 0.3 is 0 Å². The number of benzene rings is 1. The highest BCUT2D eigenvalue weighted by molar-refractivity contribution is 7.89. The molecule has 0 radical (unpaired) electrons. The van der Waals surface area contributed by atoms with E-state index in [1.807, 2.05) is 0 Å². The Balaban J connectivity index is 0.00000264. The minimum Gasteiger partial charge on any atom is -0.378 e. The van der Waals surface area contributed by atoms with Crippen LogP contribution in [0.3, 0.4) is 0 Å². The van der Waals surface area contributed by atoms with E-state index in [0.717, 1.165) is 6.42 Å². The first-order valence-corrected chi connectivity index (χ1v) is 9.41. The van der Waals surface area contributed by atoms with Gasteiger partial charge in [0.05, 0.1) is 11.1 Å². The number of nitrogens with zero attached hydrogens (tertiary/aromatic N) is 1. The molecule has 0 atom stereocenters. The lowest BCUT2D eigenvalue weighted by molar-refractivity contribution is 0.0209. The van der Waals surface area contributed by atoms with E-state index < -0.39 is 10.0 Å². The van der Waals surface area contributed by atoms with E-state index in [1.165, 1.54) is 22.5 Å². The molecule has 1 fully saturated rings. The number of halogens is 3. The zero-order valence-corrected chi connectivity index (χ0v) is 15.7. The Morgan fingerprint density at radius 3 is 2.48 bits per heavy atom. The zero-order valence-electron chi connectivity index (χ0n) is 12.6. The molecular formula is C14H21Cl3N2O3S. The minimum atomic E-state index is -3.59. The van der Waals surface area contributed by atoms with Gasteiger partial charge in [-0.3, -0.25) is 0 Å². The number of hydrogen-bond acceptors (Lipinski definition) is 4. The first-order valence-electron chi connectivity index (χ1n) is 7.22. The SMILES string of the molecule is Cl.NCCCOC1CCN(S(=O)(=O)c2ccc(Cl)cc2Cl)CC1. The summed E-state index contributed by atoms with van der Waals surface area (Å²) in [5.41, 5.74) is 5.42. The zero-order chi connectivity index (χ0) is 16.2. The molecule has 9 heteroatoms. The van der Waals surface area contributed by atoms with Crippen LogP contribution in [0.15, 0.2) is 23.1 Å². The van der Waals surface area contributed by atoms with E-state index in [-0.39, 0.29) is 28.4 Å². The van der Waals surface area contributed by atoms with E-state index in [1.54, 1.807) is 0 Å². The molecule has 132 valence electrons. The van der Waals surface area contributed by atoms with E-state index in [4.69, 9.17) is 33.7 Å². The molecule has 0 spiro atoms. The molecule has 2 rings (SSSR count). The average molecular weight is 404 g/mol. The molecule has 0 aliphatic carbocycles. The van der Waals surface area contributed by atoms with Gasteiger partial charge in [-0.15, -0.1) is 12.4 Å². The Bertz CT molecular complexity index is 605. The van der Waals surface area contributed by atoms with E-state index in [0.29, 0.717) is 44.1 Å². The second-order valence-corrected chi connectivity index (χ2v) is 7.94. The first kappa shape index (κ1) is 21.0. The summed E-state index contributed by atoms with van der Waals surface area (Å²) >= 11 is 11.8. The summed E-state index contributed by atoms with van der Waals surface area (Å²) in [7, 11) is -3.59. The van der Waals surface area contributed by atoms with Crippen molar-refractivity contribution in [3.63, 3.8) is 0 Å². The van der Waals surface area contributed by atoms with E-state index >= 15 is 0 Å². The van der Waals surface area contributed by atoms with Gasteiger partial charge in [0, 0.05) is 24.7 Å². The second kappa shape index (κ2) is 9.42. The molecule has 1 aliphatic heterocycles. The number of nitrogens with two attached hydrogens (primary N) is 1. The standard InChI is InChI=1S/C14H20Cl2N2O3S.ClH/c15-11-2-3-14(13(16)10-11)22(19,20)18-7-4-12(5-8-18)21-9-1-6-17;/h2-3,10,12H,1,4-9,17H2;1H. The Labute approximate surface area is 153 Å². The number of hydrogen-bond donors (Lipinski definition) is 1. The molecule has 1 heterocycles. The fourth-order valence-electron chi connectivity index (χ4n) is 2.40. The number of ether oxygens (including phenoxy) is 1. The third-order valence-electron chi connectivity index (χ3n) is 3.61. The highest BCUT2D eigenvalue weighted by atomic mass is 35.5. The predicted octanol–water partition coefficient (Wildman–Crippen LogP) is 2.93. The van der Waals surface area contributed by atoms with Crippen molar-refractivity contribution in [3.05, 3.63) is 28.2 Å². The topological polar surface area (TPSA) is 72.6 Å². The lowest BCUT2D eigenvalue weighted by Gasteiger charge is -2.31. The van der Waals surface area contributed by atoms with Gasteiger partial charge in [0.15, 0.2) is 0 Å². The van der Waals surface area contributed by atoms with Gasteiger partial charge in [-0.2, -0.15) is 4.31 Å². The van der Waals surface area contributed by atoms with Crippen LogP contribution < -0.4 is 5.73 Å². The van der Waals surface area contributed by atoms with Crippen molar-refractivity contribution in [2.24, 2.45) is 5.73 Å². The van der Waals surface area contributed by atoms with Crippen LogP contribution >= 0.6 is 35.6 Å². The van der Waals surface area contributed by atoms with Crippen molar-refractivity contribution >= 4 is 45.6 Å². The minimum absolute atomic E-state index is 0. The van der Waals surface area contributed by atoms with Crippen molar-refractivity contribution in [1.82, 2.24) is 4.31 Å². The average Bonchev–Trinajstić information content (AvgIpc) is 2.47. The molecule has 0 saturated carbocycles. The molecule has 1 saturated heterocycles. The van der Waals surface area contributed by atoms with Crippen molar-refractivity contribution in [1.29, 1.82) is 0 Å². The lowest BCUT2D eigenvalue weighted by atomic mass is 10.1. The normalized spacial score (nSPS) is 17.0. The summed E-state index contributed by atoms with van der Waals surface area (Å²) in [6.07, 6.45) is 2.27. The summed E-state index contributed by atoms with van der Waals surface area (Å²) in [4.78, 5) is 0.0982. The summed E-state index contributed by atoms with van der Waals surface area (Å²) in [5.74, 6) is 0. The van der Waals surface area contributed by atoms with Gasteiger partial charge in [0.2, 0.25) is 10.0 Å². The monoisotopic (exact) mass is 402 g/mol. The van der Waals surface area contributed by atoms with Crippen LogP contribution in [0, 0.1) is 0 Å². The van der Waals surface area contributed by atoms with Gasteiger partial charge < -0.3 is 10.5 Å². The molecule has 0 amide bonds. The molecule has 0 unspecified atom stereocenters. The van der Waals surface area contributed by atoms with Gasteiger partial charge in [0.25, 0.3) is 0 Å². The fraction of sp³-hybridized carbons (Fsp3) is 0.571. The molecule has 23 heavy (non-hydrogen) atoms. The molecule has 0 bridgehead atoms. The Hall–Kier alpha value is -0.0800. The van der Waals surface area contributed by atoms with Crippen LogP contribution in [-0.4, -0.2) is 45.1 Å². The Morgan fingerprint density at radius 1 is 1.26 bits per heavy atom. The molecule has 0 aromatic heterocycles. The van der Waals surface area contributed by atoms with Crippen molar-refractivity contribution in [2.75, 3.05) is 26.2 Å². The summed E-state index contributed by atoms with van der Waals surface area (Å²) in [5, 5.41) is 0.560. The Kier molecular flexibility index (Phi) is 8.58. The second-order valence-electron chi connectivity index (χ2n) is 5.19. The van der Waals surface area contributed by atoms with Crippen molar-refractivity contribution in [3.8, 4) is 0 Å². The highest BCUT2D eigenvalue weighted by Crippen LogP contribution is 2.29. The molecule has 1 aromatic carbocycles. The highest BCUT2D eigenvalue weighted by Gasteiger charge is 2.31. The van der Waals surface area contributed by atoms with Gasteiger partial charge in [-0.05, 0) is 44.0 Å². The van der Waals surface area contributed by atoms with Crippen molar-refractivity contribution in [2.45, 2.75) is 30.3 Å². The molecule has 5 nitrogen and oxygen atoms in total. The van der Waals surface area contributed by atoms with Crippen molar-refractivity contribution < 1.29 is 13.2 Å². The maximum Gasteiger partial charge on any atom is 0.244 e. The summed E-state index contributed by atoms with van der Waals surface area (Å²) < 4.78 is 32.4. The van der Waals surface area contributed by atoms with Gasteiger partial charge in [0.1, 0.15) is 4.90 Å². The van der Waals surface area contributed by atoms with Crippen LogP contribution in [0.2, 0.25) is 10.0 Å². The van der Waals surface area contributed by atoms with E-state index in [9.17, 15) is 8.42 Å². The number of piperidine rings is 1. The molecule has 1 aromatic rings. The number of rotatable bonds is 6. The summed E-state index contributed by atoms with van der Waals surface area (Å²) in [6.45, 7) is 2.07. The summed E-state index contributed by atoms with van der Waals surface area (Å²) in [6, 6.07) is 4.42. The first-order chi connectivity index (χ1) is 10.4. The maximum atomic E-state index is 12.6. The van der Waals surface area contributed by atoms with Crippen LogP contribution in [0.5, 0.6) is 0 Å². The third-order valence-corrected chi connectivity index (χ3v) is 6.23. The van der Waals surface area contributed by atoms with Gasteiger partial charge in [-0.1, -0.05) is 23.2 Å². The van der Waals surface area contributed by atoms with Crippen LogP contribution in [0.25, 0.3) is 0 Å².